The van der Waals surface area contributed by atoms with Crippen LogP contribution in [-0.2, 0) is 38.0 Å². The second kappa shape index (κ2) is 10.2. The first-order chi connectivity index (χ1) is 22.8. The molecule has 6 fully saturated rings. The van der Waals surface area contributed by atoms with Gasteiger partial charge in [-0.05, 0) is 52.5 Å². The molecule has 5 saturated heterocycles. The number of Topliss-reactive ketones (excluding diaryl/α,β-unsaturated/α-hetero) is 2. The van der Waals surface area contributed by atoms with Crippen LogP contribution in [0.2, 0.25) is 0 Å². The highest BCUT2D eigenvalue weighted by Gasteiger charge is 2.86. The average molecular weight is 669 g/mol. The number of fused-ring (bicyclic) bond motifs is 2. The second-order valence-corrected chi connectivity index (χ2v) is 17.4. The first kappa shape index (κ1) is 32.3. The maximum absolute atomic E-state index is 15.4. The number of aliphatic hydroxyl groups excluding tert-OH is 2. The van der Waals surface area contributed by atoms with Crippen molar-refractivity contribution in [1.29, 1.82) is 0 Å². The summed E-state index contributed by atoms with van der Waals surface area (Å²) < 4.78 is 40.3. The van der Waals surface area contributed by atoms with Crippen molar-refractivity contribution in [2.24, 2.45) is 17.3 Å². The fraction of sp³-hybridized carbons (Fsp3) is 0.842. The van der Waals surface area contributed by atoms with Crippen molar-refractivity contribution in [2.45, 2.75) is 183 Å². The fourth-order valence-electron chi connectivity index (χ4n) is 11.2. The van der Waals surface area contributed by atoms with Crippen molar-refractivity contribution < 1.29 is 48.2 Å². The van der Waals surface area contributed by atoms with E-state index in [0.717, 1.165) is 56.9 Å². The smallest absolute Gasteiger partial charge is 0.191 e. The predicted molar refractivity (Wildman–Crippen MR) is 171 cm³/mol. The van der Waals surface area contributed by atoms with E-state index in [9.17, 15) is 15.0 Å². The molecule has 3 aliphatic carbocycles. The number of epoxide rings is 2. The molecule has 1 unspecified atom stereocenters. The molecule has 10 heteroatoms. The van der Waals surface area contributed by atoms with E-state index in [2.05, 4.69) is 13.8 Å². The summed E-state index contributed by atoms with van der Waals surface area (Å²) in [5, 5.41) is 22.3. The Labute approximate surface area is 282 Å². The summed E-state index contributed by atoms with van der Waals surface area (Å²) >= 11 is 0. The Bertz CT molecular complexity index is 1500. The van der Waals surface area contributed by atoms with Gasteiger partial charge in [0.05, 0.1) is 47.3 Å². The van der Waals surface area contributed by atoms with E-state index >= 15 is 4.79 Å². The summed E-state index contributed by atoms with van der Waals surface area (Å²) in [7, 11) is 0. The number of hydrogen-bond acceptors (Lipinski definition) is 10. The van der Waals surface area contributed by atoms with Crippen LogP contribution in [0.1, 0.15) is 106 Å². The summed E-state index contributed by atoms with van der Waals surface area (Å²) in [6, 6.07) is 0. The summed E-state index contributed by atoms with van der Waals surface area (Å²) in [6.07, 6.45) is 4.29. The monoisotopic (exact) mass is 668 g/mol. The van der Waals surface area contributed by atoms with Crippen LogP contribution in [0.5, 0.6) is 0 Å². The first-order valence-electron chi connectivity index (χ1n) is 18.7. The van der Waals surface area contributed by atoms with E-state index in [1.807, 2.05) is 27.7 Å². The number of ether oxygens (including phenoxy) is 6. The topological polar surface area (TPSA) is 137 Å². The molecule has 48 heavy (non-hydrogen) atoms. The van der Waals surface area contributed by atoms with E-state index in [4.69, 9.17) is 28.4 Å². The molecule has 0 amide bonds. The van der Waals surface area contributed by atoms with E-state index in [1.54, 1.807) is 6.26 Å². The van der Waals surface area contributed by atoms with Gasteiger partial charge in [-0.15, -0.1) is 0 Å². The Morgan fingerprint density at radius 3 is 1.96 bits per heavy atom. The van der Waals surface area contributed by atoms with Gasteiger partial charge in [-0.1, -0.05) is 46.0 Å². The Balaban J connectivity index is 1.25. The van der Waals surface area contributed by atoms with E-state index < -0.39 is 76.5 Å². The molecule has 1 saturated carbocycles. The lowest BCUT2D eigenvalue weighted by molar-refractivity contribution is -0.246. The highest BCUT2D eigenvalue weighted by molar-refractivity contribution is 6.07. The third-order valence-corrected chi connectivity index (χ3v) is 13.9. The second-order valence-electron chi connectivity index (χ2n) is 17.4. The van der Waals surface area contributed by atoms with Gasteiger partial charge in [0.15, 0.2) is 17.7 Å². The molecule has 3 spiro atoms. The average Bonchev–Trinajstić information content (AvgIpc) is 3.95. The van der Waals surface area contributed by atoms with Crippen LogP contribution < -0.4 is 0 Å². The van der Waals surface area contributed by atoms with Crippen LogP contribution in [0.3, 0.4) is 0 Å². The molecule has 7 aliphatic heterocycles. The van der Waals surface area contributed by atoms with E-state index in [-0.39, 0.29) is 42.5 Å². The Kier molecular flexibility index (Phi) is 6.88. The van der Waals surface area contributed by atoms with Crippen molar-refractivity contribution in [2.75, 3.05) is 0 Å². The SMILES string of the molecule is CCCCC[C@@H]1OC=C2[C@@H]3OC(C)(C)[C@@H](O)C[C@@]34O[C@H]4C(=O)[C@]23C1[C@@H]1C2=C([C@H]3O[C@H]1CCCCC)[C@@H]1OC(C)(C)[C@@H](O)C[C@@]13O[C@H]3C2=O. The van der Waals surface area contributed by atoms with E-state index in [0.29, 0.717) is 11.1 Å². The molecule has 264 valence electrons. The standard InChI is InChI=1S/C38H52O10/c1-7-9-11-13-19-23-24-25(30-37(32(47-37)27(24)41)16-22(40)35(5,6)46-30)31(44-19)38-18(17-43-20(26(23)38)14-12-10-8-2)29-36(33(48-36)28(38)42)15-21(39)34(3,4)45-29/h17,19-23,26,29-33,39-40H,7-16H2,1-6H3/t19-,20-,21-,22-,23-,26?,29-,30-,31+,32-,33-,36+,37+,38+/m0/s1. The van der Waals surface area contributed by atoms with Crippen LogP contribution in [-0.4, -0.2) is 99.1 Å². The van der Waals surface area contributed by atoms with Gasteiger partial charge in [-0.25, -0.2) is 0 Å². The lowest BCUT2D eigenvalue weighted by atomic mass is 9.43. The molecule has 2 bridgehead atoms. The van der Waals surface area contributed by atoms with E-state index in [1.165, 1.54) is 0 Å². The zero-order chi connectivity index (χ0) is 33.8. The first-order valence-corrected chi connectivity index (χ1v) is 18.7. The van der Waals surface area contributed by atoms with Gasteiger partial charge < -0.3 is 38.6 Å². The highest BCUT2D eigenvalue weighted by atomic mass is 16.7. The summed E-state index contributed by atoms with van der Waals surface area (Å²) in [4.78, 5) is 30.1. The zero-order valence-corrected chi connectivity index (χ0v) is 29.2. The lowest BCUT2D eigenvalue weighted by Crippen LogP contribution is -2.76. The molecular formula is C38H52O10. The highest BCUT2D eigenvalue weighted by Crippen LogP contribution is 2.73. The van der Waals surface area contributed by atoms with Gasteiger partial charge >= 0.3 is 0 Å². The van der Waals surface area contributed by atoms with Gasteiger partial charge in [0.2, 0.25) is 0 Å². The Morgan fingerprint density at radius 2 is 1.31 bits per heavy atom. The summed E-state index contributed by atoms with van der Waals surface area (Å²) in [5.41, 5.74) is -2.75. The number of carbonyl (C=O) groups excluding carboxylic acids is 2. The molecule has 10 rings (SSSR count). The fourth-order valence-corrected chi connectivity index (χ4v) is 11.2. The number of ketones is 2. The maximum atomic E-state index is 15.4. The molecule has 2 N–H and O–H groups in total. The molecular weight excluding hydrogens is 616 g/mol. The lowest BCUT2D eigenvalue weighted by Gasteiger charge is -2.66. The summed E-state index contributed by atoms with van der Waals surface area (Å²) in [6.45, 7) is 11.9. The molecule has 10 aliphatic rings. The van der Waals surface area contributed by atoms with Crippen molar-refractivity contribution in [3.05, 3.63) is 23.0 Å². The minimum absolute atomic E-state index is 0.0488. The predicted octanol–water partition coefficient (Wildman–Crippen LogP) is 4.02. The maximum Gasteiger partial charge on any atom is 0.191 e. The van der Waals surface area contributed by atoms with Gasteiger partial charge in [0.25, 0.3) is 0 Å². The normalized spacial score (nSPS) is 51.2. The van der Waals surface area contributed by atoms with Crippen LogP contribution >= 0.6 is 0 Å². The Morgan fingerprint density at radius 1 is 0.729 bits per heavy atom. The van der Waals surface area contributed by atoms with Gasteiger partial charge in [0, 0.05) is 35.8 Å². The molecule has 0 radical (unpaired) electrons. The third-order valence-electron chi connectivity index (χ3n) is 13.9. The van der Waals surface area contributed by atoms with Crippen LogP contribution in [0.25, 0.3) is 0 Å². The largest absolute Gasteiger partial charge is 0.498 e. The van der Waals surface area contributed by atoms with Crippen molar-refractivity contribution in [3.8, 4) is 0 Å². The third kappa shape index (κ3) is 3.84. The molecule has 0 aromatic rings. The summed E-state index contributed by atoms with van der Waals surface area (Å²) in [5.74, 6) is -0.863. The van der Waals surface area contributed by atoms with Crippen LogP contribution in [0.15, 0.2) is 23.0 Å². The number of rotatable bonds is 8. The molecule has 0 aromatic heterocycles. The number of aliphatic hydroxyl groups is 2. The van der Waals surface area contributed by atoms with Crippen LogP contribution in [0.4, 0.5) is 0 Å². The van der Waals surface area contributed by atoms with Crippen molar-refractivity contribution in [3.63, 3.8) is 0 Å². The number of hydrogen-bond donors (Lipinski definition) is 2. The zero-order valence-electron chi connectivity index (χ0n) is 29.2. The minimum Gasteiger partial charge on any atom is -0.498 e. The molecule has 7 heterocycles. The Hall–Kier alpha value is -1.66. The van der Waals surface area contributed by atoms with Gasteiger partial charge in [-0.2, -0.15) is 0 Å². The van der Waals surface area contributed by atoms with Crippen molar-refractivity contribution >= 4 is 11.6 Å². The molecule has 0 aromatic carbocycles. The minimum atomic E-state index is -1.19. The quantitative estimate of drug-likeness (QED) is 0.288. The molecule has 10 nitrogen and oxygen atoms in total. The van der Waals surface area contributed by atoms with Gasteiger partial charge in [-0.3, -0.25) is 9.59 Å². The van der Waals surface area contributed by atoms with Crippen molar-refractivity contribution in [1.82, 2.24) is 0 Å². The van der Waals surface area contributed by atoms with Crippen LogP contribution in [0, 0.1) is 17.3 Å². The van der Waals surface area contributed by atoms with Gasteiger partial charge in [0.1, 0.15) is 35.6 Å². The number of unbranched alkanes of at least 4 members (excludes halogenated alkanes) is 4. The number of carbonyl (C=O) groups is 2. The molecule has 14 atom stereocenters.